The summed E-state index contributed by atoms with van der Waals surface area (Å²) < 4.78 is 2.40. The maximum atomic E-state index is 4.61. The molecule has 3 heterocycles. The van der Waals surface area contributed by atoms with E-state index in [1.807, 2.05) is 6.20 Å². The van der Waals surface area contributed by atoms with Crippen LogP contribution in [0.5, 0.6) is 0 Å². The fourth-order valence-electron chi connectivity index (χ4n) is 4.82. The van der Waals surface area contributed by atoms with Crippen molar-refractivity contribution in [3.05, 3.63) is 12.4 Å². The van der Waals surface area contributed by atoms with Crippen LogP contribution >= 0.6 is 0 Å². The number of fused-ring (bicyclic) bond motifs is 2. The first-order valence-corrected chi connectivity index (χ1v) is 8.82. The molecule has 1 aromatic heterocycles. The average molecular weight is 288 g/mol. The van der Waals surface area contributed by atoms with Crippen LogP contribution in [0.3, 0.4) is 0 Å². The maximum Gasteiger partial charge on any atom is 0.203 e. The Bertz CT molecular complexity index is 463. The highest BCUT2D eigenvalue weighted by Crippen LogP contribution is 2.35. The molecule has 1 N–H and O–H groups in total. The third-order valence-corrected chi connectivity index (χ3v) is 6.06. The molecular formula is C17H28N4. The first-order chi connectivity index (χ1) is 10.3. The summed E-state index contributed by atoms with van der Waals surface area (Å²) in [6.45, 7) is 0. The van der Waals surface area contributed by atoms with Gasteiger partial charge in [-0.1, -0.05) is 19.3 Å². The van der Waals surface area contributed by atoms with Gasteiger partial charge in [0.25, 0.3) is 0 Å². The fraction of sp³-hybridized carbons (Fsp3) is 0.824. The Kier molecular flexibility index (Phi) is 3.66. The SMILES string of the molecule is CN1C2CCCC1CC(Nc1nccn1C1CCCC1)C2. The van der Waals surface area contributed by atoms with Gasteiger partial charge in [0.2, 0.25) is 5.95 Å². The van der Waals surface area contributed by atoms with E-state index in [2.05, 4.69) is 33.0 Å². The van der Waals surface area contributed by atoms with E-state index in [0.29, 0.717) is 12.1 Å². The average Bonchev–Trinajstić information content (AvgIpc) is 3.10. The quantitative estimate of drug-likeness (QED) is 0.925. The summed E-state index contributed by atoms with van der Waals surface area (Å²) in [5, 5.41) is 3.78. The van der Waals surface area contributed by atoms with Crippen LogP contribution < -0.4 is 5.32 Å². The van der Waals surface area contributed by atoms with Gasteiger partial charge in [-0.25, -0.2) is 4.98 Å². The van der Waals surface area contributed by atoms with Crippen LogP contribution in [0.4, 0.5) is 5.95 Å². The maximum absolute atomic E-state index is 4.61. The highest BCUT2D eigenvalue weighted by molar-refractivity contribution is 5.29. The smallest absolute Gasteiger partial charge is 0.203 e. The minimum Gasteiger partial charge on any atom is -0.353 e. The molecule has 1 aliphatic carbocycles. The highest BCUT2D eigenvalue weighted by Gasteiger charge is 2.36. The van der Waals surface area contributed by atoms with E-state index in [0.717, 1.165) is 18.0 Å². The number of nitrogens with one attached hydrogen (secondary N) is 1. The van der Waals surface area contributed by atoms with Crippen molar-refractivity contribution in [2.75, 3.05) is 12.4 Å². The van der Waals surface area contributed by atoms with Gasteiger partial charge in [-0.3, -0.25) is 0 Å². The second-order valence-electron chi connectivity index (χ2n) is 7.31. The Morgan fingerprint density at radius 2 is 1.67 bits per heavy atom. The minimum absolute atomic E-state index is 0.610. The molecule has 2 atom stereocenters. The molecule has 0 aromatic carbocycles. The predicted molar refractivity (Wildman–Crippen MR) is 85.6 cm³/mol. The lowest BCUT2D eigenvalue weighted by Gasteiger charge is -2.47. The van der Waals surface area contributed by atoms with E-state index < -0.39 is 0 Å². The Morgan fingerprint density at radius 1 is 1.00 bits per heavy atom. The molecule has 2 bridgehead atoms. The van der Waals surface area contributed by atoms with Crippen LogP contribution in [-0.2, 0) is 0 Å². The summed E-state index contributed by atoms with van der Waals surface area (Å²) in [4.78, 5) is 7.24. The topological polar surface area (TPSA) is 33.1 Å². The third-order valence-electron chi connectivity index (χ3n) is 6.06. The molecule has 116 valence electrons. The second-order valence-corrected chi connectivity index (χ2v) is 7.31. The van der Waals surface area contributed by atoms with Gasteiger partial charge in [-0.2, -0.15) is 0 Å². The van der Waals surface area contributed by atoms with Crippen molar-refractivity contribution < 1.29 is 0 Å². The van der Waals surface area contributed by atoms with E-state index in [1.165, 1.54) is 57.8 Å². The zero-order chi connectivity index (χ0) is 14.2. The molecule has 4 nitrogen and oxygen atoms in total. The Balaban J connectivity index is 1.46. The number of rotatable bonds is 3. The number of piperidine rings is 2. The van der Waals surface area contributed by atoms with Gasteiger partial charge < -0.3 is 14.8 Å². The van der Waals surface area contributed by atoms with Crippen LogP contribution in [0.2, 0.25) is 0 Å². The molecule has 1 saturated carbocycles. The molecular weight excluding hydrogens is 260 g/mol. The van der Waals surface area contributed by atoms with Crippen LogP contribution in [-0.4, -0.2) is 39.6 Å². The molecule has 4 heteroatoms. The number of anilines is 1. The standard InChI is InChI=1S/C17H28N4/c1-20-15-7-4-8-16(20)12-13(11-15)19-17-18-9-10-21(17)14-5-2-3-6-14/h9-10,13-16H,2-8,11-12H2,1H3,(H,18,19). The highest BCUT2D eigenvalue weighted by atomic mass is 15.2. The summed E-state index contributed by atoms with van der Waals surface area (Å²) in [5.41, 5.74) is 0. The summed E-state index contributed by atoms with van der Waals surface area (Å²) >= 11 is 0. The molecule has 3 fully saturated rings. The predicted octanol–water partition coefficient (Wildman–Crippen LogP) is 3.43. The number of aromatic nitrogens is 2. The van der Waals surface area contributed by atoms with Gasteiger partial charge >= 0.3 is 0 Å². The zero-order valence-electron chi connectivity index (χ0n) is 13.2. The van der Waals surface area contributed by atoms with Crippen molar-refractivity contribution in [2.24, 2.45) is 0 Å². The Morgan fingerprint density at radius 3 is 2.38 bits per heavy atom. The number of hydrogen-bond acceptors (Lipinski definition) is 3. The molecule has 0 spiro atoms. The number of imidazole rings is 1. The summed E-state index contributed by atoms with van der Waals surface area (Å²) in [6, 6.07) is 2.86. The van der Waals surface area contributed by atoms with Gasteiger partial charge in [0.15, 0.2) is 0 Å². The third kappa shape index (κ3) is 2.59. The number of nitrogens with zero attached hydrogens (tertiary/aromatic N) is 3. The van der Waals surface area contributed by atoms with E-state index in [9.17, 15) is 0 Å². The van der Waals surface area contributed by atoms with Gasteiger partial charge in [0, 0.05) is 36.6 Å². The van der Waals surface area contributed by atoms with Crippen LogP contribution in [0.25, 0.3) is 0 Å². The van der Waals surface area contributed by atoms with Crippen molar-refractivity contribution in [2.45, 2.75) is 82.0 Å². The van der Waals surface area contributed by atoms with E-state index >= 15 is 0 Å². The van der Waals surface area contributed by atoms with Crippen LogP contribution in [0.15, 0.2) is 12.4 Å². The van der Waals surface area contributed by atoms with Crippen molar-refractivity contribution in [1.82, 2.24) is 14.5 Å². The minimum atomic E-state index is 0.610. The first-order valence-electron chi connectivity index (χ1n) is 8.82. The molecule has 4 rings (SSSR count). The summed E-state index contributed by atoms with van der Waals surface area (Å²) in [6.07, 6.45) is 16.3. The Labute approximate surface area is 127 Å². The Hall–Kier alpha value is -1.03. The van der Waals surface area contributed by atoms with Gasteiger partial charge in [-0.05, 0) is 45.6 Å². The number of hydrogen-bond donors (Lipinski definition) is 1. The summed E-state index contributed by atoms with van der Waals surface area (Å²) in [5.74, 6) is 1.12. The normalized spacial score (nSPS) is 34.2. The first kappa shape index (κ1) is 13.6. The monoisotopic (exact) mass is 288 g/mol. The molecule has 1 aromatic rings. The van der Waals surface area contributed by atoms with Gasteiger partial charge in [-0.15, -0.1) is 0 Å². The van der Waals surface area contributed by atoms with Crippen LogP contribution in [0, 0.1) is 0 Å². The lowest BCUT2D eigenvalue weighted by molar-refractivity contribution is 0.0606. The van der Waals surface area contributed by atoms with E-state index in [-0.39, 0.29) is 0 Å². The molecule has 2 aliphatic heterocycles. The largest absolute Gasteiger partial charge is 0.353 e. The van der Waals surface area contributed by atoms with Crippen molar-refractivity contribution in [3.8, 4) is 0 Å². The molecule has 21 heavy (non-hydrogen) atoms. The summed E-state index contributed by atoms with van der Waals surface area (Å²) in [7, 11) is 2.32. The lowest BCUT2D eigenvalue weighted by atomic mass is 9.82. The van der Waals surface area contributed by atoms with Gasteiger partial charge in [0.1, 0.15) is 0 Å². The van der Waals surface area contributed by atoms with Crippen molar-refractivity contribution in [1.29, 1.82) is 0 Å². The van der Waals surface area contributed by atoms with Gasteiger partial charge in [0.05, 0.1) is 0 Å². The second kappa shape index (κ2) is 5.64. The van der Waals surface area contributed by atoms with Crippen LogP contribution in [0.1, 0.15) is 63.8 Å². The zero-order valence-corrected chi connectivity index (χ0v) is 13.2. The molecule has 2 saturated heterocycles. The van der Waals surface area contributed by atoms with E-state index in [1.54, 1.807) is 0 Å². The van der Waals surface area contributed by atoms with E-state index in [4.69, 9.17) is 0 Å². The van der Waals surface area contributed by atoms with Crippen molar-refractivity contribution >= 4 is 5.95 Å². The van der Waals surface area contributed by atoms with Crippen molar-refractivity contribution in [3.63, 3.8) is 0 Å². The molecule has 3 aliphatic rings. The fourth-order valence-corrected chi connectivity index (χ4v) is 4.82. The molecule has 2 unspecified atom stereocenters. The lowest BCUT2D eigenvalue weighted by Crippen LogP contribution is -2.53. The molecule has 0 amide bonds. The molecule has 0 radical (unpaired) electrons.